The van der Waals surface area contributed by atoms with E-state index in [-0.39, 0.29) is 17.5 Å². The minimum absolute atomic E-state index is 0.00959. The summed E-state index contributed by atoms with van der Waals surface area (Å²) >= 11 is 6.56. The molecular formula is C31H40ClN3O4. The number of phenolic OH excluding ortho intramolecular Hbond substituents is 1. The number of nitrogens with one attached hydrogen (secondary N) is 1. The smallest absolute Gasteiger partial charge is 0.190 e. The quantitative estimate of drug-likeness (QED) is 0.451. The Kier molecular flexibility index (Phi) is 8.94. The molecule has 7 nitrogen and oxygen atoms in total. The van der Waals surface area contributed by atoms with Crippen molar-refractivity contribution in [3.05, 3.63) is 63.7 Å². The predicted octanol–water partition coefficient (Wildman–Crippen LogP) is 4.24. The molecule has 2 heterocycles. The Bertz CT molecular complexity index is 1230. The maximum absolute atomic E-state index is 13.5. The Labute approximate surface area is 236 Å². The SMILES string of the molecule is COCCN(CC1CCCCN1)c1cc(O)c2c(c1C1CCN(C)CC1O)CC(c1ccccc1Cl)=CC2=O. The Morgan fingerprint density at radius 1 is 1.23 bits per heavy atom. The second-order valence-electron chi connectivity index (χ2n) is 11.2. The lowest BCUT2D eigenvalue weighted by atomic mass is 9.76. The van der Waals surface area contributed by atoms with Crippen LogP contribution in [0.5, 0.6) is 5.75 Å². The van der Waals surface area contributed by atoms with Crippen molar-refractivity contribution in [3.8, 4) is 5.75 Å². The van der Waals surface area contributed by atoms with E-state index in [9.17, 15) is 15.0 Å². The first-order chi connectivity index (χ1) is 18.9. The highest BCUT2D eigenvalue weighted by atomic mass is 35.5. The van der Waals surface area contributed by atoms with Crippen molar-refractivity contribution in [2.24, 2.45) is 0 Å². The first-order valence-electron chi connectivity index (χ1n) is 14.1. The van der Waals surface area contributed by atoms with E-state index in [0.29, 0.717) is 42.7 Å². The van der Waals surface area contributed by atoms with Crippen LogP contribution in [0.3, 0.4) is 0 Å². The number of anilines is 1. The number of aliphatic hydroxyl groups excluding tert-OH is 1. The molecular weight excluding hydrogens is 514 g/mol. The fourth-order valence-electron chi connectivity index (χ4n) is 6.51. The van der Waals surface area contributed by atoms with Crippen molar-refractivity contribution in [1.29, 1.82) is 0 Å². The number of phenols is 1. The molecule has 8 heteroatoms. The van der Waals surface area contributed by atoms with Crippen LogP contribution in [0, 0.1) is 0 Å². The van der Waals surface area contributed by atoms with E-state index in [0.717, 1.165) is 60.4 Å². The van der Waals surface area contributed by atoms with Gasteiger partial charge in [-0.1, -0.05) is 36.2 Å². The largest absolute Gasteiger partial charge is 0.507 e. The van der Waals surface area contributed by atoms with Gasteiger partial charge in [-0.3, -0.25) is 4.79 Å². The molecule has 5 rings (SSSR count). The van der Waals surface area contributed by atoms with E-state index in [2.05, 4.69) is 15.1 Å². The Morgan fingerprint density at radius 3 is 2.77 bits per heavy atom. The van der Waals surface area contributed by atoms with E-state index in [4.69, 9.17) is 16.3 Å². The number of benzene rings is 2. The van der Waals surface area contributed by atoms with Gasteiger partial charge in [-0.2, -0.15) is 0 Å². The number of piperidine rings is 2. The van der Waals surface area contributed by atoms with E-state index in [1.54, 1.807) is 19.3 Å². The number of carbonyl (C=O) groups is 1. The summed E-state index contributed by atoms with van der Waals surface area (Å²) < 4.78 is 5.49. The number of aliphatic hydroxyl groups is 1. The van der Waals surface area contributed by atoms with Gasteiger partial charge in [0, 0.05) is 55.5 Å². The molecule has 0 saturated carbocycles. The molecule has 0 radical (unpaired) electrons. The molecule has 0 spiro atoms. The van der Waals surface area contributed by atoms with Crippen LogP contribution in [-0.4, -0.2) is 86.5 Å². The summed E-state index contributed by atoms with van der Waals surface area (Å²) in [6.45, 7) is 4.34. The van der Waals surface area contributed by atoms with Crippen LogP contribution in [0.2, 0.25) is 5.02 Å². The van der Waals surface area contributed by atoms with Crippen LogP contribution in [0.25, 0.3) is 5.57 Å². The lowest BCUT2D eigenvalue weighted by molar-refractivity contribution is 0.0635. The summed E-state index contributed by atoms with van der Waals surface area (Å²) in [5.74, 6) is -0.394. The summed E-state index contributed by atoms with van der Waals surface area (Å²) in [4.78, 5) is 18.0. The highest BCUT2D eigenvalue weighted by molar-refractivity contribution is 6.32. The highest BCUT2D eigenvalue weighted by Gasteiger charge is 2.37. The second-order valence-corrected chi connectivity index (χ2v) is 11.6. The monoisotopic (exact) mass is 553 g/mol. The number of likely N-dealkylation sites (N-methyl/N-ethyl adjacent to an activating group) is 1. The number of β-amino-alcohol motifs (C(OH)–C–C–N with tert-alkyl or cyclic N) is 1. The lowest BCUT2D eigenvalue weighted by Gasteiger charge is -2.40. The van der Waals surface area contributed by atoms with Crippen molar-refractivity contribution >= 4 is 28.6 Å². The van der Waals surface area contributed by atoms with Gasteiger partial charge >= 0.3 is 0 Å². The van der Waals surface area contributed by atoms with Gasteiger partial charge in [-0.15, -0.1) is 0 Å². The Hall–Kier alpha value is -2.42. The fourth-order valence-corrected chi connectivity index (χ4v) is 6.76. The molecule has 3 atom stereocenters. The number of aromatic hydroxyl groups is 1. The first-order valence-corrected chi connectivity index (χ1v) is 14.5. The van der Waals surface area contributed by atoms with Crippen LogP contribution >= 0.6 is 11.6 Å². The van der Waals surface area contributed by atoms with Crippen LogP contribution < -0.4 is 10.2 Å². The Balaban J connectivity index is 1.65. The number of carbonyl (C=O) groups excluding carboxylic acids is 1. The number of allylic oxidation sites excluding steroid dienone is 2. The van der Waals surface area contributed by atoms with E-state index in [1.165, 1.54) is 12.8 Å². The van der Waals surface area contributed by atoms with Crippen LogP contribution in [0.15, 0.2) is 36.4 Å². The second kappa shape index (κ2) is 12.4. The van der Waals surface area contributed by atoms with Gasteiger partial charge in [0.2, 0.25) is 0 Å². The van der Waals surface area contributed by atoms with Gasteiger partial charge in [0.25, 0.3) is 0 Å². The number of fused-ring (bicyclic) bond motifs is 1. The zero-order valence-electron chi connectivity index (χ0n) is 23.0. The van der Waals surface area contributed by atoms with Gasteiger partial charge in [-0.25, -0.2) is 0 Å². The standard InChI is InChI=1S/C31H40ClN3O4/c1-34-12-10-23(29(38)19-34)30-24-15-20(22-8-3-4-9-25(22)32)16-27(36)31(24)28(37)17-26(30)35(13-14-39-2)18-21-7-5-6-11-33-21/h3-4,8-9,16-17,21,23,29,33,37-38H,5-7,10-15,18-19H2,1-2H3. The van der Waals surface area contributed by atoms with Crippen LogP contribution in [-0.2, 0) is 11.2 Å². The molecule has 1 aliphatic carbocycles. The number of nitrogens with zero attached hydrogens (tertiary/aromatic N) is 2. The molecule has 2 aliphatic heterocycles. The highest BCUT2D eigenvalue weighted by Crippen LogP contribution is 2.46. The lowest BCUT2D eigenvalue weighted by Crippen LogP contribution is -2.46. The van der Waals surface area contributed by atoms with Gasteiger partial charge in [0.15, 0.2) is 5.78 Å². The van der Waals surface area contributed by atoms with Crippen molar-refractivity contribution in [3.63, 3.8) is 0 Å². The molecule has 3 N–H and O–H groups in total. The number of rotatable bonds is 8. The average Bonchev–Trinajstić information content (AvgIpc) is 2.92. The van der Waals surface area contributed by atoms with Gasteiger partial charge in [0.05, 0.1) is 18.3 Å². The summed E-state index contributed by atoms with van der Waals surface area (Å²) in [6.07, 6.45) is 5.70. The van der Waals surface area contributed by atoms with Crippen LogP contribution in [0.1, 0.15) is 58.6 Å². The maximum atomic E-state index is 13.5. The normalized spacial score (nSPS) is 23.8. The predicted molar refractivity (Wildman–Crippen MR) is 156 cm³/mol. The van der Waals surface area contributed by atoms with Crippen molar-refractivity contribution < 1.29 is 19.7 Å². The molecule has 2 aromatic carbocycles. The molecule has 210 valence electrons. The minimum Gasteiger partial charge on any atom is -0.507 e. The molecule has 3 aliphatic rings. The minimum atomic E-state index is -0.585. The molecule has 39 heavy (non-hydrogen) atoms. The van der Waals surface area contributed by atoms with Crippen molar-refractivity contribution in [1.82, 2.24) is 10.2 Å². The summed E-state index contributed by atoms with van der Waals surface area (Å²) in [5.41, 5.74) is 4.66. The molecule has 0 bridgehead atoms. The number of halogens is 1. The number of hydrogen-bond acceptors (Lipinski definition) is 7. The Morgan fingerprint density at radius 2 is 2.05 bits per heavy atom. The van der Waals surface area contributed by atoms with Crippen LogP contribution in [0.4, 0.5) is 5.69 Å². The van der Waals surface area contributed by atoms with Gasteiger partial charge in [-0.05, 0) is 80.2 Å². The molecule has 2 saturated heterocycles. The van der Waals surface area contributed by atoms with Crippen molar-refractivity contribution in [2.45, 2.75) is 50.2 Å². The third-order valence-corrected chi connectivity index (χ3v) is 8.82. The first kappa shape index (κ1) is 28.1. The molecule has 3 unspecified atom stereocenters. The molecule has 2 aromatic rings. The topological polar surface area (TPSA) is 85.3 Å². The number of hydrogen-bond donors (Lipinski definition) is 3. The van der Waals surface area contributed by atoms with Gasteiger partial charge in [0.1, 0.15) is 5.75 Å². The molecule has 0 aromatic heterocycles. The summed E-state index contributed by atoms with van der Waals surface area (Å²) in [5, 5.41) is 26.9. The fraction of sp³-hybridized carbons (Fsp3) is 0.516. The third kappa shape index (κ3) is 6.03. The van der Waals surface area contributed by atoms with E-state index < -0.39 is 6.10 Å². The van der Waals surface area contributed by atoms with E-state index in [1.807, 2.05) is 31.3 Å². The zero-order chi connectivity index (χ0) is 27.5. The zero-order valence-corrected chi connectivity index (χ0v) is 23.7. The third-order valence-electron chi connectivity index (χ3n) is 8.49. The number of ether oxygens (including phenoxy) is 1. The molecule has 0 amide bonds. The summed E-state index contributed by atoms with van der Waals surface area (Å²) in [7, 11) is 3.72. The van der Waals surface area contributed by atoms with E-state index >= 15 is 0 Å². The summed E-state index contributed by atoms with van der Waals surface area (Å²) in [6, 6.07) is 9.63. The number of ketones is 1. The molecule has 2 fully saturated rings. The average molecular weight is 554 g/mol. The number of likely N-dealkylation sites (tertiary alicyclic amines) is 1. The number of methoxy groups -OCH3 is 1. The van der Waals surface area contributed by atoms with Crippen molar-refractivity contribution in [2.75, 3.05) is 58.4 Å². The van der Waals surface area contributed by atoms with Gasteiger partial charge < -0.3 is 30.1 Å². The maximum Gasteiger partial charge on any atom is 0.190 e.